The molecule has 2 heterocycles. The maximum atomic E-state index is 15.0. The van der Waals surface area contributed by atoms with E-state index < -0.39 is 102 Å². The number of carboxylic acids is 1. The average Bonchev–Trinajstić information content (AvgIpc) is 3.49. The molecule has 280 valence electrons. The first-order valence-electron chi connectivity index (χ1n) is 16.3. The highest BCUT2D eigenvalue weighted by atomic mass is 16.5. The molecule has 0 aromatic heterocycles. The number of aliphatic hydroxyl groups is 4. The zero-order valence-electron chi connectivity index (χ0n) is 28.0. The summed E-state index contributed by atoms with van der Waals surface area (Å²) in [6.07, 6.45) is -7.85. The lowest BCUT2D eigenvalue weighted by molar-refractivity contribution is -0.784. The van der Waals surface area contributed by atoms with Crippen molar-refractivity contribution in [2.45, 2.75) is 120 Å². The molecule has 0 spiro atoms. The van der Waals surface area contributed by atoms with E-state index in [9.17, 15) is 49.5 Å². The molecule has 0 aliphatic carbocycles. The van der Waals surface area contributed by atoms with Gasteiger partial charge in [0.25, 0.3) is 5.91 Å². The van der Waals surface area contributed by atoms with E-state index in [1.807, 2.05) is 0 Å². The van der Waals surface area contributed by atoms with E-state index in [0.717, 1.165) is 6.92 Å². The molecule has 20 heteroatoms. The summed E-state index contributed by atoms with van der Waals surface area (Å²) < 4.78 is 4.62. The van der Waals surface area contributed by atoms with E-state index in [0.29, 0.717) is 24.3 Å². The lowest BCUT2D eigenvalue weighted by atomic mass is 9.93. The number of nitrogens with zero attached hydrogens (tertiary/aromatic N) is 3. The summed E-state index contributed by atoms with van der Waals surface area (Å²) in [5.41, 5.74) is 28.8. The van der Waals surface area contributed by atoms with Crippen LogP contribution in [0.1, 0.15) is 58.8 Å². The number of aliphatic carboxylic acids is 1. The number of aliphatic hydroxyl groups excluding tert-OH is 4. The van der Waals surface area contributed by atoms with Crippen molar-refractivity contribution < 1.29 is 58.7 Å². The van der Waals surface area contributed by atoms with E-state index in [-0.39, 0.29) is 51.2 Å². The Balaban J connectivity index is 2.83. The minimum atomic E-state index is -1.88. The van der Waals surface area contributed by atoms with Crippen LogP contribution in [0.4, 0.5) is 0 Å². The van der Waals surface area contributed by atoms with Gasteiger partial charge in [-0.25, -0.2) is 14.4 Å². The highest BCUT2D eigenvalue weighted by Crippen LogP contribution is 2.35. The van der Waals surface area contributed by atoms with Gasteiger partial charge in [0, 0.05) is 26.3 Å². The fourth-order valence-electron chi connectivity index (χ4n) is 6.49. The second-order valence-corrected chi connectivity index (χ2v) is 12.6. The van der Waals surface area contributed by atoms with E-state index >= 15 is 0 Å². The number of amides is 4. The second kappa shape index (κ2) is 18.6. The Morgan fingerprint density at radius 2 is 1.69 bits per heavy atom. The Morgan fingerprint density at radius 3 is 2.22 bits per heavy atom. The first-order chi connectivity index (χ1) is 23.0. The van der Waals surface area contributed by atoms with E-state index in [1.54, 1.807) is 0 Å². The number of ether oxygens (including phenoxy) is 1. The van der Waals surface area contributed by atoms with Gasteiger partial charge in [-0.3, -0.25) is 19.5 Å². The van der Waals surface area contributed by atoms with Gasteiger partial charge in [0.15, 0.2) is 18.2 Å². The molecular weight excluding hydrogens is 650 g/mol. The lowest BCUT2D eigenvalue weighted by Crippen LogP contribution is -2.75. The molecule has 11 atom stereocenters. The number of carbonyl (C=O) groups excluding carboxylic acids is 4. The fourth-order valence-corrected chi connectivity index (χ4v) is 6.49. The third kappa shape index (κ3) is 9.67. The molecule has 0 radical (unpaired) electrons. The van der Waals surface area contributed by atoms with Gasteiger partial charge in [0.05, 0.1) is 19.3 Å². The highest BCUT2D eigenvalue weighted by molar-refractivity contribution is 5.96. The molecular formula is C29H54N9O11+. The summed E-state index contributed by atoms with van der Waals surface area (Å²) in [6.45, 7) is 1.43. The van der Waals surface area contributed by atoms with Crippen molar-refractivity contribution in [2.24, 2.45) is 33.7 Å². The molecule has 0 saturated carbocycles. The second-order valence-electron chi connectivity index (χ2n) is 12.6. The molecule has 0 aromatic carbocycles. The van der Waals surface area contributed by atoms with Crippen molar-refractivity contribution in [1.82, 2.24) is 10.2 Å². The molecule has 2 aliphatic rings. The van der Waals surface area contributed by atoms with Crippen LogP contribution < -0.4 is 34.0 Å². The number of nitrogens with one attached hydrogen (secondary N) is 1. The average molecular weight is 705 g/mol. The summed E-state index contributed by atoms with van der Waals surface area (Å²) in [5, 5.41) is 54.9. The number of unbranched alkanes of at least 4 members (excludes halogenated alkanes) is 1. The normalized spacial score (nSPS) is 29.2. The number of carboxylic acid groups (broad SMARTS) is 1. The van der Waals surface area contributed by atoms with Crippen LogP contribution in [-0.4, -0.2) is 158 Å². The van der Waals surface area contributed by atoms with Crippen LogP contribution in [0.5, 0.6) is 0 Å². The summed E-state index contributed by atoms with van der Waals surface area (Å²) in [7, 11) is 0. The fraction of sp³-hybridized carbons (Fsp3) is 0.793. The van der Waals surface area contributed by atoms with E-state index in [2.05, 4.69) is 10.3 Å². The van der Waals surface area contributed by atoms with Gasteiger partial charge < -0.3 is 64.3 Å². The minimum Gasteiger partial charge on any atom is -0.480 e. The topological polar surface area (TPSA) is 353 Å². The molecule has 20 nitrogen and oxygen atoms in total. The Labute approximate surface area is 284 Å². The molecule has 49 heavy (non-hydrogen) atoms. The molecule has 2 fully saturated rings. The first kappa shape index (κ1) is 41.8. The Bertz CT molecular complexity index is 1200. The van der Waals surface area contributed by atoms with Crippen LogP contribution in [0.3, 0.4) is 0 Å². The van der Waals surface area contributed by atoms with E-state index in [4.69, 9.17) is 33.4 Å². The van der Waals surface area contributed by atoms with Gasteiger partial charge in [-0.15, -0.1) is 0 Å². The zero-order valence-corrected chi connectivity index (χ0v) is 28.0. The molecule has 4 amide bonds. The maximum Gasteiger partial charge on any atom is 0.341 e. The van der Waals surface area contributed by atoms with Crippen molar-refractivity contribution in [2.75, 3.05) is 26.2 Å². The van der Waals surface area contributed by atoms with Crippen LogP contribution in [0.2, 0.25) is 0 Å². The number of hydrogen-bond acceptors (Lipinski definition) is 14. The minimum absolute atomic E-state index is 0.00772. The number of guanidine groups is 1. The SMILES string of the molecule is CC(=O)N[C@H]1C(N(C(=O)[C@H]2CCC[N+]2(C(=O)[C@@H](N)[C@@H](C)O)C(=O)[C@@H](N)CCCCN)[C@@H](CCCN=C(N)N)C(=O)O)O[C@H](CO)[C@@H](O)[C@@H]1O. The van der Waals surface area contributed by atoms with Crippen LogP contribution in [-0.2, 0) is 28.7 Å². The monoisotopic (exact) mass is 704 g/mol. The summed E-state index contributed by atoms with van der Waals surface area (Å²) >= 11 is 0. The summed E-state index contributed by atoms with van der Waals surface area (Å²) in [6, 6.07) is -8.01. The van der Waals surface area contributed by atoms with Crippen LogP contribution in [0, 0.1) is 0 Å². The maximum absolute atomic E-state index is 15.0. The third-order valence-electron chi connectivity index (χ3n) is 9.03. The van der Waals surface area contributed by atoms with Gasteiger partial charge >= 0.3 is 17.8 Å². The van der Waals surface area contributed by atoms with Gasteiger partial charge in [-0.1, -0.05) is 0 Å². The number of rotatable bonds is 17. The van der Waals surface area contributed by atoms with E-state index in [1.165, 1.54) is 6.92 Å². The van der Waals surface area contributed by atoms with Crippen LogP contribution >= 0.6 is 0 Å². The number of carbonyl (C=O) groups is 5. The number of nitrogens with two attached hydrogens (primary N) is 5. The van der Waals surface area contributed by atoms with Crippen LogP contribution in [0.25, 0.3) is 0 Å². The van der Waals surface area contributed by atoms with Crippen LogP contribution in [0.15, 0.2) is 4.99 Å². The molecule has 2 saturated heterocycles. The van der Waals surface area contributed by atoms with Crippen molar-refractivity contribution in [3.05, 3.63) is 0 Å². The standard InChI is InChI=1S/C29H53N9O11/c1-14(40)20(32)27(46)38(26(45)16(31)7-3-4-10-30)12-6-9-18(38)24(44)37(17(28(47)48)8-5-11-35-29(33)34)25-21(36-15(2)41)23(43)22(42)19(13-39)49-25/h14,16-23,25,39-40,42-43H,3-13,30-32H2,1-2H3,(H5-,33,34,35,36,41,47,48)/p+1/t14-,16+,17+,18-,19-,20+,21-,22-,23-,25?,38?/m1/s1. The quantitative estimate of drug-likeness (QED) is 0.0291. The molecule has 2 rings (SSSR count). The van der Waals surface area contributed by atoms with Crippen molar-refractivity contribution >= 4 is 35.6 Å². The Hall–Kier alpha value is -3.34. The molecule has 0 bridgehead atoms. The van der Waals surface area contributed by atoms with Gasteiger partial charge in [-0.05, 0) is 45.6 Å². The van der Waals surface area contributed by atoms with Crippen molar-refractivity contribution in [3.63, 3.8) is 0 Å². The van der Waals surface area contributed by atoms with Gasteiger partial charge in [0.1, 0.15) is 42.5 Å². The summed E-state index contributed by atoms with van der Waals surface area (Å²) in [5.74, 6) is -5.59. The predicted molar refractivity (Wildman–Crippen MR) is 172 cm³/mol. The predicted octanol–water partition coefficient (Wildman–Crippen LogP) is -5.54. The molecule has 0 aromatic rings. The highest BCUT2D eigenvalue weighted by Gasteiger charge is 2.63. The van der Waals surface area contributed by atoms with Gasteiger partial charge in [0.2, 0.25) is 5.91 Å². The number of imide groups is 1. The molecule has 2 aliphatic heterocycles. The zero-order chi connectivity index (χ0) is 37.2. The number of hydrogen-bond donors (Lipinski definition) is 11. The lowest BCUT2D eigenvalue weighted by Gasteiger charge is -2.49. The third-order valence-corrected chi connectivity index (χ3v) is 9.03. The Morgan fingerprint density at radius 1 is 1.04 bits per heavy atom. The van der Waals surface area contributed by atoms with Gasteiger partial charge in [-0.2, -0.15) is 4.48 Å². The number of likely N-dealkylation sites (tertiary alicyclic amines) is 1. The number of aliphatic imine (C=N–C) groups is 1. The molecule has 2 unspecified atom stereocenters. The smallest absolute Gasteiger partial charge is 0.341 e. The first-order valence-corrected chi connectivity index (χ1v) is 16.3. The summed E-state index contributed by atoms with van der Waals surface area (Å²) in [4.78, 5) is 73.1. The Kier molecular flexibility index (Phi) is 15.9. The molecule has 16 N–H and O–H groups in total. The largest absolute Gasteiger partial charge is 0.480 e. The number of quaternary nitrogens is 1. The van der Waals surface area contributed by atoms with Crippen molar-refractivity contribution in [3.8, 4) is 0 Å². The van der Waals surface area contributed by atoms with Crippen molar-refractivity contribution in [1.29, 1.82) is 0 Å².